The van der Waals surface area contributed by atoms with Crippen LogP contribution in [0.5, 0.6) is 0 Å². The number of esters is 1. The second-order valence-corrected chi connectivity index (χ2v) is 9.76. The molecule has 0 bridgehead atoms. The van der Waals surface area contributed by atoms with Crippen molar-refractivity contribution < 1.29 is 24.5 Å². The molecule has 7 nitrogen and oxygen atoms in total. The van der Waals surface area contributed by atoms with Gasteiger partial charge >= 0.3 is 11.9 Å². The molecule has 0 aromatic rings. The zero-order valence-corrected chi connectivity index (χ0v) is 17.8. The molecule has 0 spiro atoms. The zero-order chi connectivity index (χ0) is 19.6. The third-order valence-corrected chi connectivity index (χ3v) is 8.04. The Kier molecular flexibility index (Phi) is 6.54. The quantitative estimate of drug-likeness (QED) is 0.491. The molecular weight excluding hydrogens is 428 g/mol. The summed E-state index contributed by atoms with van der Waals surface area (Å²) in [5.74, 6) is -3.19. The number of likely N-dealkylation sites (tertiary alicyclic amines) is 2. The van der Waals surface area contributed by atoms with Crippen LogP contribution in [-0.2, 0) is 14.3 Å². The van der Waals surface area contributed by atoms with Crippen LogP contribution >= 0.6 is 48.0 Å². The smallest absolute Gasteiger partial charge is 0.375 e. The molecule has 3 aliphatic rings. The third kappa shape index (κ3) is 4.20. The van der Waals surface area contributed by atoms with Gasteiger partial charge in [0.05, 0.1) is 10.7 Å². The van der Waals surface area contributed by atoms with Crippen molar-refractivity contribution in [3.8, 4) is 0 Å². The fourth-order valence-corrected chi connectivity index (χ4v) is 6.11. The van der Waals surface area contributed by atoms with E-state index in [4.69, 9.17) is 29.2 Å². The number of rotatable bonds is 4. The van der Waals surface area contributed by atoms with Crippen LogP contribution < -0.4 is 0 Å². The summed E-state index contributed by atoms with van der Waals surface area (Å²) < 4.78 is 6.16. The standard InChI is InChI=1S/C16H20N2O5S4/c19-10-11(27-15(25)18-7-3-4-8-18)16(13(21)22,23-12(10)20)9-26-14(24)17-5-1-2-6-17/h19H,1-9H2,(H,21,22). The van der Waals surface area contributed by atoms with Gasteiger partial charge in [-0.05, 0) is 25.7 Å². The predicted octanol–water partition coefficient (Wildman–Crippen LogP) is 2.36. The van der Waals surface area contributed by atoms with E-state index in [1.165, 1.54) is 0 Å². The van der Waals surface area contributed by atoms with Gasteiger partial charge in [0.25, 0.3) is 5.60 Å². The summed E-state index contributed by atoms with van der Waals surface area (Å²) in [6.07, 6.45) is 4.10. The molecule has 148 valence electrons. The highest BCUT2D eigenvalue weighted by atomic mass is 32.2. The molecule has 0 aromatic heterocycles. The predicted molar refractivity (Wildman–Crippen MR) is 113 cm³/mol. The van der Waals surface area contributed by atoms with E-state index in [-0.39, 0.29) is 10.7 Å². The van der Waals surface area contributed by atoms with Crippen LogP contribution in [0.15, 0.2) is 10.7 Å². The summed E-state index contributed by atoms with van der Waals surface area (Å²) in [6.45, 7) is 3.24. The summed E-state index contributed by atoms with van der Waals surface area (Å²) in [5, 5.41) is 20.1. The Morgan fingerprint density at radius 3 is 2.11 bits per heavy atom. The highest BCUT2D eigenvalue weighted by Gasteiger charge is 2.56. The molecule has 0 amide bonds. The number of thiocarbonyl (C=S) groups is 2. The molecule has 1 atom stereocenters. The fraction of sp³-hybridized carbons (Fsp3) is 0.625. The number of nitrogens with zero attached hydrogens (tertiary/aromatic N) is 2. The van der Waals surface area contributed by atoms with Crippen molar-refractivity contribution in [1.82, 2.24) is 9.80 Å². The third-order valence-electron chi connectivity index (χ3n) is 4.70. The summed E-state index contributed by atoms with van der Waals surface area (Å²) >= 11 is 12.9. The van der Waals surface area contributed by atoms with Crippen molar-refractivity contribution >= 4 is 68.5 Å². The van der Waals surface area contributed by atoms with Crippen molar-refractivity contribution in [2.24, 2.45) is 0 Å². The van der Waals surface area contributed by atoms with Crippen molar-refractivity contribution in [3.63, 3.8) is 0 Å². The molecule has 2 N–H and O–H groups in total. The Bertz CT molecular complexity index is 701. The van der Waals surface area contributed by atoms with E-state index < -0.39 is 23.3 Å². The van der Waals surface area contributed by atoms with Gasteiger partial charge in [-0.1, -0.05) is 48.0 Å². The number of hydrogen-bond donors (Lipinski definition) is 2. The van der Waals surface area contributed by atoms with Crippen molar-refractivity contribution in [2.45, 2.75) is 31.3 Å². The van der Waals surface area contributed by atoms with Gasteiger partial charge in [-0.25, -0.2) is 9.59 Å². The summed E-state index contributed by atoms with van der Waals surface area (Å²) in [6, 6.07) is 0. The first-order valence-corrected chi connectivity index (χ1v) is 11.3. The molecule has 2 fully saturated rings. The average Bonchev–Trinajstić information content (AvgIpc) is 3.38. The second kappa shape index (κ2) is 8.54. The Morgan fingerprint density at radius 2 is 1.59 bits per heavy atom. The van der Waals surface area contributed by atoms with Gasteiger partial charge in [0.15, 0.2) is 0 Å². The van der Waals surface area contributed by atoms with Gasteiger partial charge in [0.1, 0.15) is 8.64 Å². The van der Waals surface area contributed by atoms with Crippen molar-refractivity contribution in [1.29, 1.82) is 0 Å². The van der Waals surface area contributed by atoms with Crippen molar-refractivity contribution in [3.05, 3.63) is 10.7 Å². The molecule has 0 radical (unpaired) electrons. The molecule has 0 aliphatic carbocycles. The number of hydrogen-bond acceptors (Lipinski definition) is 8. The van der Waals surface area contributed by atoms with Gasteiger partial charge < -0.3 is 24.7 Å². The van der Waals surface area contributed by atoms with E-state index in [2.05, 4.69) is 0 Å². The Hall–Kier alpha value is -1.04. The summed E-state index contributed by atoms with van der Waals surface area (Å²) in [5.41, 5.74) is -1.98. The van der Waals surface area contributed by atoms with E-state index in [1.54, 1.807) is 0 Å². The van der Waals surface area contributed by atoms with E-state index in [0.717, 1.165) is 75.4 Å². The van der Waals surface area contributed by atoms with Gasteiger partial charge in [-0.2, -0.15) is 0 Å². The first kappa shape index (κ1) is 20.7. The molecule has 27 heavy (non-hydrogen) atoms. The number of aliphatic carboxylic acids is 1. The number of carbonyl (C=O) groups excluding carboxylic acids is 1. The Balaban J connectivity index is 1.78. The number of carbonyl (C=O) groups is 2. The van der Waals surface area contributed by atoms with E-state index in [9.17, 15) is 19.8 Å². The Morgan fingerprint density at radius 1 is 1.07 bits per heavy atom. The average molecular weight is 449 g/mol. The van der Waals surface area contributed by atoms with Crippen molar-refractivity contribution in [2.75, 3.05) is 31.9 Å². The lowest BCUT2D eigenvalue weighted by Gasteiger charge is -2.28. The minimum atomic E-state index is -1.98. The minimum Gasteiger partial charge on any atom is -0.501 e. The number of ether oxygens (including phenoxy) is 1. The van der Waals surface area contributed by atoms with Crippen LogP contribution in [0.1, 0.15) is 25.7 Å². The topological polar surface area (TPSA) is 90.3 Å². The Labute approximate surface area is 176 Å². The largest absolute Gasteiger partial charge is 0.501 e. The van der Waals surface area contributed by atoms with Crippen LogP contribution in [0.4, 0.5) is 0 Å². The second-order valence-electron chi connectivity index (χ2n) is 6.51. The number of aliphatic hydroxyl groups is 1. The number of aliphatic hydroxyl groups excluding tert-OH is 1. The maximum Gasteiger partial charge on any atom is 0.375 e. The summed E-state index contributed by atoms with van der Waals surface area (Å²) in [4.78, 5) is 28.0. The summed E-state index contributed by atoms with van der Waals surface area (Å²) in [7, 11) is 0. The first-order valence-electron chi connectivity index (χ1n) is 8.64. The zero-order valence-electron chi connectivity index (χ0n) is 14.5. The SMILES string of the molecule is O=C1OC(CSC(=S)N2CCCC2)(C(=O)O)C(SC(=S)N2CCCC2)=C1O. The molecule has 0 aromatic carbocycles. The molecule has 1 unspecified atom stereocenters. The number of carboxylic acids is 1. The molecule has 0 saturated carbocycles. The maximum absolute atomic E-state index is 12.1. The van der Waals surface area contributed by atoms with E-state index in [1.807, 2.05) is 9.80 Å². The van der Waals surface area contributed by atoms with Crippen LogP contribution in [0.3, 0.4) is 0 Å². The highest BCUT2D eigenvalue weighted by Crippen LogP contribution is 2.43. The lowest BCUT2D eigenvalue weighted by Crippen LogP contribution is -2.44. The highest BCUT2D eigenvalue weighted by molar-refractivity contribution is 8.25. The number of cyclic esters (lactones) is 1. The van der Waals surface area contributed by atoms with Crippen LogP contribution in [0.2, 0.25) is 0 Å². The minimum absolute atomic E-state index is 0.0615. The number of carboxylic acid groups (broad SMARTS) is 1. The van der Waals surface area contributed by atoms with Gasteiger partial charge in [-0.3, -0.25) is 0 Å². The van der Waals surface area contributed by atoms with Gasteiger partial charge in [0, 0.05) is 26.2 Å². The molecule has 11 heteroatoms. The molecule has 3 heterocycles. The monoisotopic (exact) mass is 448 g/mol. The molecular formula is C16H20N2O5S4. The maximum atomic E-state index is 12.1. The van der Waals surface area contributed by atoms with Crippen LogP contribution in [0.25, 0.3) is 0 Å². The number of thioether (sulfide) groups is 2. The fourth-order valence-electron chi connectivity index (χ4n) is 3.17. The van der Waals surface area contributed by atoms with Gasteiger partial charge in [0.2, 0.25) is 5.76 Å². The lowest BCUT2D eigenvalue weighted by atomic mass is 10.1. The normalized spacial score (nSPS) is 25.3. The van der Waals surface area contributed by atoms with E-state index >= 15 is 0 Å². The molecule has 3 aliphatic heterocycles. The lowest BCUT2D eigenvalue weighted by molar-refractivity contribution is -0.165. The molecule has 2 saturated heterocycles. The van der Waals surface area contributed by atoms with Crippen LogP contribution in [-0.4, -0.2) is 78.1 Å². The van der Waals surface area contributed by atoms with Gasteiger partial charge in [-0.15, -0.1) is 0 Å². The van der Waals surface area contributed by atoms with E-state index in [0.29, 0.717) is 8.64 Å². The first-order chi connectivity index (χ1) is 12.8. The van der Waals surface area contributed by atoms with Crippen LogP contribution in [0, 0.1) is 0 Å². The molecule has 3 rings (SSSR count).